The van der Waals surface area contributed by atoms with Crippen molar-refractivity contribution in [1.29, 1.82) is 0 Å². The summed E-state index contributed by atoms with van der Waals surface area (Å²) in [5, 5.41) is 3.57. The first-order valence-corrected chi connectivity index (χ1v) is 8.27. The van der Waals surface area contributed by atoms with Crippen molar-refractivity contribution in [3.05, 3.63) is 34.9 Å². The maximum Gasteiger partial charge on any atom is 0.0623 e. The Morgan fingerprint density at radius 2 is 2.15 bits per heavy atom. The molecule has 1 N–H and O–H groups in total. The molecule has 3 aliphatic rings. The molecular formula is C18H25NO. The standard InChI is InChI=1S/C18H25NO/c1-19-17(16-11-15-7-8-18(16)20-15)10-12-5-6-13-3-2-4-14(13)9-12/h5-6,9,15-19H,2-4,7-8,10-11H2,1H3. The van der Waals surface area contributed by atoms with Crippen molar-refractivity contribution < 1.29 is 4.74 Å². The van der Waals surface area contributed by atoms with Gasteiger partial charge < -0.3 is 10.1 Å². The molecule has 108 valence electrons. The molecule has 2 bridgehead atoms. The van der Waals surface area contributed by atoms with Gasteiger partial charge in [0.15, 0.2) is 0 Å². The van der Waals surface area contributed by atoms with E-state index in [1.54, 1.807) is 11.1 Å². The molecule has 2 aliphatic heterocycles. The molecule has 2 nitrogen and oxygen atoms in total. The van der Waals surface area contributed by atoms with Crippen molar-refractivity contribution in [2.45, 2.75) is 63.2 Å². The third-order valence-corrected chi connectivity index (χ3v) is 5.66. The monoisotopic (exact) mass is 271 g/mol. The molecule has 0 radical (unpaired) electrons. The number of rotatable bonds is 4. The zero-order chi connectivity index (χ0) is 13.5. The third-order valence-electron chi connectivity index (χ3n) is 5.66. The molecule has 0 saturated carbocycles. The Morgan fingerprint density at radius 1 is 1.25 bits per heavy atom. The SMILES string of the molecule is CNC(Cc1ccc2c(c1)CCC2)C1CC2CCC1O2. The van der Waals surface area contributed by atoms with E-state index < -0.39 is 0 Å². The van der Waals surface area contributed by atoms with E-state index in [9.17, 15) is 0 Å². The van der Waals surface area contributed by atoms with Crippen LogP contribution in [0, 0.1) is 5.92 Å². The topological polar surface area (TPSA) is 21.3 Å². The molecule has 0 aromatic heterocycles. The lowest BCUT2D eigenvalue weighted by Gasteiger charge is -2.28. The summed E-state index contributed by atoms with van der Waals surface area (Å²) >= 11 is 0. The lowest BCUT2D eigenvalue weighted by Crippen LogP contribution is -2.40. The number of nitrogens with one attached hydrogen (secondary N) is 1. The number of hydrogen-bond donors (Lipinski definition) is 1. The molecule has 2 heteroatoms. The average Bonchev–Trinajstić information content (AvgIpc) is 3.19. The maximum atomic E-state index is 6.04. The number of aryl methyl sites for hydroxylation is 2. The fourth-order valence-corrected chi connectivity index (χ4v) is 4.57. The van der Waals surface area contributed by atoms with Crippen LogP contribution in [0.4, 0.5) is 0 Å². The second-order valence-corrected chi connectivity index (χ2v) is 6.83. The van der Waals surface area contributed by atoms with E-state index in [0.717, 1.165) is 6.42 Å². The molecule has 20 heavy (non-hydrogen) atoms. The number of hydrogen-bond acceptors (Lipinski definition) is 2. The zero-order valence-electron chi connectivity index (χ0n) is 12.4. The van der Waals surface area contributed by atoms with E-state index in [-0.39, 0.29) is 0 Å². The summed E-state index contributed by atoms with van der Waals surface area (Å²) in [7, 11) is 2.12. The van der Waals surface area contributed by atoms with E-state index in [2.05, 4.69) is 30.6 Å². The molecule has 1 aromatic rings. The molecule has 4 rings (SSSR count). The largest absolute Gasteiger partial charge is 0.375 e. The van der Waals surface area contributed by atoms with Crippen LogP contribution in [-0.2, 0) is 24.0 Å². The summed E-state index contributed by atoms with van der Waals surface area (Å²) in [5.74, 6) is 0.715. The summed E-state index contributed by atoms with van der Waals surface area (Å²) in [5.41, 5.74) is 4.69. The van der Waals surface area contributed by atoms with Crippen LogP contribution >= 0.6 is 0 Å². The molecule has 1 aliphatic carbocycles. The van der Waals surface area contributed by atoms with Gasteiger partial charge in [-0.1, -0.05) is 18.2 Å². The molecule has 1 aromatic carbocycles. The van der Waals surface area contributed by atoms with Crippen LogP contribution in [0.3, 0.4) is 0 Å². The Bertz CT molecular complexity index is 498. The van der Waals surface area contributed by atoms with E-state index in [0.29, 0.717) is 24.2 Å². The van der Waals surface area contributed by atoms with Crippen molar-refractivity contribution >= 4 is 0 Å². The van der Waals surface area contributed by atoms with E-state index in [4.69, 9.17) is 4.74 Å². The Kier molecular flexibility index (Phi) is 3.31. The van der Waals surface area contributed by atoms with Gasteiger partial charge in [-0.2, -0.15) is 0 Å². The second kappa shape index (κ2) is 5.16. The predicted molar refractivity (Wildman–Crippen MR) is 81.0 cm³/mol. The molecule has 2 heterocycles. The van der Waals surface area contributed by atoms with Crippen LogP contribution in [-0.4, -0.2) is 25.3 Å². The summed E-state index contributed by atoms with van der Waals surface area (Å²) in [4.78, 5) is 0. The fraction of sp³-hybridized carbons (Fsp3) is 0.667. The highest BCUT2D eigenvalue weighted by Crippen LogP contribution is 2.41. The van der Waals surface area contributed by atoms with Crippen LogP contribution < -0.4 is 5.32 Å². The summed E-state index contributed by atoms with van der Waals surface area (Å²) < 4.78 is 6.04. The van der Waals surface area contributed by atoms with Crippen molar-refractivity contribution in [2.24, 2.45) is 5.92 Å². The fourth-order valence-electron chi connectivity index (χ4n) is 4.57. The first-order valence-electron chi connectivity index (χ1n) is 8.27. The van der Waals surface area contributed by atoms with Gasteiger partial charge in [0.2, 0.25) is 0 Å². The Hall–Kier alpha value is -0.860. The van der Waals surface area contributed by atoms with Crippen LogP contribution in [0.5, 0.6) is 0 Å². The van der Waals surface area contributed by atoms with Gasteiger partial charge in [0, 0.05) is 12.0 Å². The number of ether oxygens (including phenoxy) is 1. The van der Waals surface area contributed by atoms with Crippen LogP contribution in [0.25, 0.3) is 0 Å². The Balaban J connectivity index is 1.49. The van der Waals surface area contributed by atoms with Gasteiger partial charge in [0.1, 0.15) is 0 Å². The highest BCUT2D eigenvalue weighted by Gasteiger charge is 2.43. The van der Waals surface area contributed by atoms with Crippen molar-refractivity contribution in [2.75, 3.05) is 7.05 Å². The van der Waals surface area contributed by atoms with Crippen molar-refractivity contribution in [3.63, 3.8) is 0 Å². The highest BCUT2D eigenvalue weighted by atomic mass is 16.5. The Morgan fingerprint density at radius 3 is 2.90 bits per heavy atom. The quantitative estimate of drug-likeness (QED) is 0.909. The van der Waals surface area contributed by atoms with Gasteiger partial charge in [-0.3, -0.25) is 0 Å². The lowest BCUT2D eigenvalue weighted by atomic mass is 9.81. The van der Waals surface area contributed by atoms with Crippen LogP contribution in [0.1, 0.15) is 42.4 Å². The lowest BCUT2D eigenvalue weighted by molar-refractivity contribution is 0.0863. The van der Waals surface area contributed by atoms with Gasteiger partial charge in [0.05, 0.1) is 12.2 Å². The second-order valence-electron chi connectivity index (χ2n) is 6.83. The molecular weight excluding hydrogens is 246 g/mol. The Labute approximate surface area is 121 Å². The first-order chi connectivity index (χ1) is 9.83. The minimum absolute atomic E-state index is 0.520. The number of fused-ring (bicyclic) bond motifs is 3. The van der Waals surface area contributed by atoms with Crippen molar-refractivity contribution in [1.82, 2.24) is 5.32 Å². The first kappa shape index (κ1) is 12.8. The molecule has 0 amide bonds. The summed E-state index contributed by atoms with van der Waals surface area (Å²) in [6.45, 7) is 0. The smallest absolute Gasteiger partial charge is 0.0623 e. The normalized spacial score (nSPS) is 32.5. The number of benzene rings is 1. The maximum absolute atomic E-state index is 6.04. The summed E-state index contributed by atoms with van der Waals surface area (Å²) in [6, 6.07) is 7.75. The molecule has 0 spiro atoms. The molecule has 4 unspecified atom stereocenters. The van der Waals surface area contributed by atoms with E-state index in [1.165, 1.54) is 44.1 Å². The van der Waals surface area contributed by atoms with Gasteiger partial charge in [0.25, 0.3) is 0 Å². The van der Waals surface area contributed by atoms with Crippen LogP contribution in [0.15, 0.2) is 18.2 Å². The van der Waals surface area contributed by atoms with E-state index in [1.807, 2.05) is 0 Å². The average molecular weight is 271 g/mol. The van der Waals surface area contributed by atoms with Gasteiger partial charge in [-0.05, 0) is 68.7 Å². The van der Waals surface area contributed by atoms with E-state index >= 15 is 0 Å². The third kappa shape index (κ3) is 2.19. The minimum Gasteiger partial charge on any atom is -0.375 e. The number of likely N-dealkylation sites (N-methyl/N-ethyl adjacent to an activating group) is 1. The minimum atomic E-state index is 0.520. The van der Waals surface area contributed by atoms with Crippen molar-refractivity contribution in [3.8, 4) is 0 Å². The summed E-state index contributed by atoms with van der Waals surface area (Å²) in [6.07, 6.45) is 9.97. The van der Waals surface area contributed by atoms with Gasteiger partial charge >= 0.3 is 0 Å². The molecule has 2 fully saturated rings. The zero-order valence-corrected chi connectivity index (χ0v) is 12.4. The van der Waals surface area contributed by atoms with Gasteiger partial charge in [-0.15, -0.1) is 0 Å². The highest BCUT2D eigenvalue weighted by molar-refractivity contribution is 5.35. The molecule has 4 atom stereocenters. The van der Waals surface area contributed by atoms with Crippen LogP contribution in [0.2, 0.25) is 0 Å². The van der Waals surface area contributed by atoms with Gasteiger partial charge in [-0.25, -0.2) is 0 Å². The molecule has 2 saturated heterocycles. The predicted octanol–water partition coefficient (Wildman–Crippen LogP) is 2.87.